The number of rotatable bonds is 3. The molecule has 0 aromatic heterocycles. The SMILES string of the molecule is NCC1CC2C=CC1N(C(=O)OCc1ccccc1)C2. The first kappa shape index (κ1) is 13.2. The Bertz CT molecular complexity index is 500. The first-order valence-corrected chi connectivity index (χ1v) is 7.13. The van der Waals surface area contributed by atoms with Gasteiger partial charge in [0.05, 0.1) is 6.04 Å². The maximum atomic E-state index is 12.3. The largest absolute Gasteiger partial charge is 0.445 e. The molecule has 1 aliphatic carbocycles. The van der Waals surface area contributed by atoms with E-state index in [2.05, 4.69) is 12.2 Å². The van der Waals surface area contributed by atoms with Crippen LogP contribution >= 0.6 is 0 Å². The summed E-state index contributed by atoms with van der Waals surface area (Å²) in [6, 6.07) is 9.86. The van der Waals surface area contributed by atoms with Gasteiger partial charge < -0.3 is 15.4 Å². The van der Waals surface area contributed by atoms with E-state index >= 15 is 0 Å². The molecule has 3 aliphatic rings. The van der Waals surface area contributed by atoms with Crippen LogP contribution in [0.25, 0.3) is 0 Å². The predicted molar refractivity (Wildman–Crippen MR) is 76.9 cm³/mol. The van der Waals surface area contributed by atoms with Crippen molar-refractivity contribution >= 4 is 6.09 Å². The zero-order valence-electron chi connectivity index (χ0n) is 11.4. The van der Waals surface area contributed by atoms with Crippen LogP contribution in [-0.4, -0.2) is 30.1 Å². The second-order valence-corrected chi connectivity index (χ2v) is 5.56. The van der Waals surface area contributed by atoms with Gasteiger partial charge in [-0.3, -0.25) is 0 Å². The van der Waals surface area contributed by atoms with Crippen molar-refractivity contribution in [1.82, 2.24) is 4.90 Å². The van der Waals surface area contributed by atoms with Crippen LogP contribution in [0.3, 0.4) is 0 Å². The Morgan fingerprint density at radius 3 is 2.80 bits per heavy atom. The highest BCUT2D eigenvalue weighted by molar-refractivity contribution is 5.69. The van der Waals surface area contributed by atoms with Gasteiger partial charge in [-0.25, -0.2) is 4.79 Å². The molecule has 4 heteroatoms. The van der Waals surface area contributed by atoms with E-state index in [9.17, 15) is 4.79 Å². The molecule has 2 bridgehead atoms. The van der Waals surface area contributed by atoms with Crippen LogP contribution < -0.4 is 5.73 Å². The van der Waals surface area contributed by atoms with E-state index in [4.69, 9.17) is 10.5 Å². The first-order valence-electron chi connectivity index (χ1n) is 7.13. The number of amides is 1. The van der Waals surface area contributed by atoms with Gasteiger partial charge >= 0.3 is 6.09 Å². The maximum absolute atomic E-state index is 12.3. The number of hydrogen-bond donors (Lipinski definition) is 1. The molecule has 0 radical (unpaired) electrons. The number of nitrogens with two attached hydrogens (primary N) is 1. The lowest BCUT2D eigenvalue weighted by atomic mass is 9.78. The van der Waals surface area contributed by atoms with Crippen LogP contribution in [0.4, 0.5) is 4.79 Å². The summed E-state index contributed by atoms with van der Waals surface area (Å²) in [5.74, 6) is 0.792. The summed E-state index contributed by atoms with van der Waals surface area (Å²) >= 11 is 0. The molecule has 4 rings (SSSR count). The highest BCUT2D eigenvalue weighted by Crippen LogP contribution is 2.34. The lowest BCUT2D eigenvalue weighted by Crippen LogP contribution is -2.54. The average molecular weight is 272 g/mol. The molecule has 2 N–H and O–H groups in total. The summed E-state index contributed by atoms with van der Waals surface area (Å²) in [7, 11) is 0. The zero-order valence-corrected chi connectivity index (χ0v) is 11.4. The summed E-state index contributed by atoms with van der Waals surface area (Å²) in [5, 5.41) is 0. The van der Waals surface area contributed by atoms with Crippen molar-refractivity contribution in [2.45, 2.75) is 19.1 Å². The van der Waals surface area contributed by atoms with E-state index in [0.717, 1.165) is 18.5 Å². The quantitative estimate of drug-likeness (QED) is 0.858. The lowest BCUT2D eigenvalue weighted by Gasteiger charge is -2.45. The number of benzene rings is 1. The molecule has 3 unspecified atom stereocenters. The molecular weight excluding hydrogens is 252 g/mol. The Morgan fingerprint density at radius 1 is 1.30 bits per heavy atom. The Labute approximate surface area is 119 Å². The minimum atomic E-state index is -0.230. The third-order valence-corrected chi connectivity index (χ3v) is 4.20. The zero-order chi connectivity index (χ0) is 13.9. The van der Waals surface area contributed by atoms with Gasteiger partial charge in [0, 0.05) is 6.54 Å². The molecule has 1 saturated heterocycles. The summed E-state index contributed by atoms with van der Waals surface area (Å²) in [6.07, 6.45) is 5.17. The van der Waals surface area contributed by atoms with Gasteiger partial charge in [0.1, 0.15) is 6.61 Å². The first-order chi connectivity index (χ1) is 9.78. The lowest BCUT2D eigenvalue weighted by molar-refractivity contribution is 0.0468. The number of nitrogens with zero attached hydrogens (tertiary/aromatic N) is 1. The van der Waals surface area contributed by atoms with Gasteiger partial charge in [-0.05, 0) is 30.4 Å². The fraction of sp³-hybridized carbons (Fsp3) is 0.438. The van der Waals surface area contributed by atoms with Crippen molar-refractivity contribution in [3.63, 3.8) is 0 Å². The number of carbonyl (C=O) groups excluding carboxylic acids is 1. The van der Waals surface area contributed by atoms with Crippen LogP contribution in [0.2, 0.25) is 0 Å². The highest BCUT2D eigenvalue weighted by atomic mass is 16.6. The van der Waals surface area contributed by atoms with Gasteiger partial charge in [0.25, 0.3) is 0 Å². The predicted octanol–water partition coefficient (Wildman–Crippen LogP) is 2.16. The number of carbonyl (C=O) groups is 1. The van der Waals surface area contributed by atoms with E-state index < -0.39 is 0 Å². The van der Waals surface area contributed by atoms with Crippen molar-refractivity contribution in [2.24, 2.45) is 17.6 Å². The molecule has 2 heterocycles. The molecule has 1 fully saturated rings. The van der Waals surface area contributed by atoms with Gasteiger partial charge in [-0.1, -0.05) is 42.5 Å². The smallest absolute Gasteiger partial charge is 0.410 e. The van der Waals surface area contributed by atoms with Crippen LogP contribution in [-0.2, 0) is 11.3 Å². The van der Waals surface area contributed by atoms with Gasteiger partial charge in [-0.2, -0.15) is 0 Å². The molecule has 4 nitrogen and oxygen atoms in total. The average Bonchev–Trinajstić information content (AvgIpc) is 2.53. The second-order valence-electron chi connectivity index (χ2n) is 5.56. The minimum absolute atomic E-state index is 0.105. The monoisotopic (exact) mass is 272 g/mol. The maximum Gasteiger partial charge on any atom is 0.410 e. The Hall–Kier alpha value is -1.81. The molecule has 2 aliphatic heterocycles. The number of hydrogen-bond acceptors (Lipinski definition) is 3. The summed E-state index contributed by atoms with van der Waals surface area (Å²) in [4.78, 5) is 14.1. The Balaban J connectivity index is 1.62. The van der Waals surface area contributed by atoms with Crippen molar-refractivity contribution in [1.29, 1.82) is 0 Å². The van der Waals surface area contributed by atoms with E-state index in [-0.39, 0.29) is 12.1 Å². The fourth-order valence-corrected chi connectivity index (χ4v) is 3.14. The second kappa shape index (κ2) is 5.67. The van der Waals surface area contributed by atoms with E-state index in [1.807, 2.05) is 35.2 Å². The van der Waals surface area contributed by atoms with Crippen molar-refractivity contribution < 1.29 is 9.53 Å². The van der Waals surface area contributed by atoms with E-state index in [1.54, 1.807) is 0 Å². The van der Waals surface area contributed by atoms with Gasteiger partial charge in [0.2, 0.25) is 0 Å². The van der Waals surface area contributed by atoms with E-state index in [0.29, 0.717) is 25.0 Å². The molecule has 3 atom stereocenters. The topological polar surface area (TPSA) is 55.6 Å². The standard InChI is InChI=1S/C16H20N2O2/c17-9-14-8-13-6-7-15(14)18(10-13)16(19)20-11-12-4-2-1-3-5-12/h1-7,13-15H,8-11,17H2. The molecule has 0 saturated carbocycles. The molecule has 1 aromatic rings. The van der Waals surface area contributed by atoms with Crippen molar-refractivity contribution in [2.75, 3.05) is 13.1 Å². The molecule has 106 valence electrons. The van der Waals surface area contributed by atoms with Crippen LogP contribution in [0.15, 0.2) is 42.5 Å². The Morgan fingerprint density at radius 2 is 2.10 bits per heavy atom. The third kappa shape index (κ3) is 2.56. The van der Waals surface area contributed by atoms with Crippen molar-refractivity contribution in [3.8, 4) is 0 Å². The van der Waals surface area contributed by atoms with Crippen LogP contribution in [0.5, 0.6) is 0 Å². The summed E-state index contributed by atoms with van der Waals surface area (Å²) in [6.45, 7) is 1.70. The Kier molecular flexibility index (Phi) is 3.74. The molecular formula is C16H20N2O2. The molecule has 20 heavy (non-hydrogen) atoms. The number of fused-ring (bicyclic) bond motifs is 2. The minimum Gasteiger partial charge on any atom is -0.445 e. The van der Waals surface area contributed by atoms with Crippen LogP contribution in [0.1, 0.15) is 12.0 Å². The van der Waals surface area contributed by atoms with Gasteiger partial charge in [0.15, 0.2) is 0 Å². The van der Waals surface area contributed by atoms with Crippen LogP contribution in [0, 0.1) is 11.8 Å². The molecule has 0 spiro atoms. The van der Waals surface area contributed by atoms with E-state index in [1.165, 1.54) is 0 Å². The fourth-order valence-electron chi connectivity index (χ4n) is 3.14. The normalized spacial score (nSPS) is 27.6. The number of piperidine rings is 1. The summed E-state index contributed by atoms with van der Waals surface area (Å²) in [5.41, 5.74) is 6.81. The highest BCUT2D eigenvalue weighted by Gasteiger charge is 2.39. The number of ether oxygens (including phenoxy) is 1. The molecule has 1 amide bonds. The van der Waals surface area contributed by atoms with Gasteiger partial charge in [-0.15, -0.1) is 0 Å². The molecule has 1 aromatic carbocycles. The summed E-state index contributed by atoms with van der Waals surface area (Å²) < 4.78 is 5.43. The third-order valence-electron chi connectivity index (χ3n) is 4.20. The van der Waals surface area contributed by atoms with Crippen molar-refractivity contribution in [3.05, 3.63) is 48.0 Å².